The number of aliphatic hydroxyl groups is 1. The molecule has 1 aliphatic rings. The Morgan fingerprint density at radius 1 is 1.29 bits per heavy atom. The number of oxazole rings is 1. The molecule has 0 aliphatic carbocycles. The van der Waals surface area contributed by atoms with Crippen molar-refractivity contribution in [3.05, 3.63) is 24.3 Å². The Bertz CT molecular complexity index is 468. The molecule has 17 heavy (non-hydrogen) atoms. The summed E-state index contributed by atoms with van der Waals surface area (Å²) in [5, 5.41) is 9.10. The first-order valence-corrected chi connectivity index (χ1v) is 6.08. The van der Waals surface area contributed by atoms with Crippen molar-refractivity contribution < 1.29 is 9.52 Å². The van der Waals surface area contributed by atoms with Gasteiger partial charge in [-0.25, -0.2) is 0 Å². The van der Waals surface area contributed by atoms with Crippen molar-refractivity contribution in [2.75, 3.05) is 24.6 Å². The molecule has 0 radical (unpaired) electrons. The van der Waals surface area contributed by atoms with Crippen LogP contribution in [0.3, 0.4) is 0 Å². The lowest BCUT2D eigenvalue weighted by Crippen LogP contribution is -2.34. The second kappa shape index (κ2) is 4.37. The van der Waals surface area contributed by atoms with Crippen LogP contribution in [0.25, 0.3) is 11.1 Å². The largest absolute Gasteiger partial charge is 0.423 e. The number of fused-ring (bicyclic) bond motifs is 1. The fourth-order valence-corrected chi connectivity index (χ4v) is 2.30. The molecule has 1 aromatic carbocycles. The number of benzene rings is 1. The van der Waals surface area contributed by atoms with Gasteiger partial charge in [-0.3, -0.25) is 0 Å². The highest BCUT2D eigenvalue weighted by atomic mass is 16.4. The molecule has 2 aromatic rings. The Hall–Kier alpha value is -1.55. The quantitative estimate of drug-likeness (QED) is 0.860. The van der Waals surface area contributed by atoms with E-state index in [1.54, 1.807) is 0 Å². The summed E-state index contributed by atoms with van der Waals surface area (Å²) in [6.07, 6.45) is 2.02. The highest BCUT2D eigenvalue weighted by Crippen LogP contribution is 2.25. The molecule has 0 bridgehead atoms. The Morgan fingerprint density at radius 3 is 2.76 bits per heavy atom. The van der Waals surface area contributed by atoms with Gasteiger partial charge in [0.1, 0.15) is 5.52 Å². The molecule has 1 aliphatic heterocycles. The smallest absolute Gasteiger partial charge is 0.298 e. The van der Waals surface area contributed by atoms with Crippen molar-refractivity contribution in [3.8, 4) is 0 Å². The fraction of sp³-hybridized carbons (Fsp3) is 0.462. The molecule has 0 spiro atoms. The average molecular weight is 232 g/mol. The van der Waals surface area contributed by atoms with Crippen LogP contribution in [-0.2, 0) is 0 Å². The maximum Gasteiger partial charge on any atom is 0.298 e. The number of para-hydroxylation sites is 2. The average Bonchev–Trinajstić information content (AvgIpc) is 2.82. The Morgan fingerprint density at radius 2 is 2.06 bits per heavy atom. The second-order valence-corrected chi connectivity index (χ2v) is 4.58. The number of aliphatic hydroxyl groups excluding tert-OH is 1. The van der Waals surface area contributed by atoms with Gasteiger partial charge in [-0.1, -0.05) is 12.1 Å². The molecule has 0 atom stereocenters. The molecule has 3 rings (SSSR count). The zero-order valence-electron chi connectivity index (χ0n) is 9.67. The third kappa shape index (κ3) is 2.00. The third-order valence-corrected chi connectivity index (χ3v) is 3.43. The van der Waals surface area contributed by atoms with Gasteiger partial charge in [-0.15, -0.1) is 0 Å². The molecule has 1 fully saturated rings. The van der Waals surface area contributed by atoms with E-state index >= 15 is 0 Å². The minimum Gasteiger partial charge on any atom is -0.423 e. The highest BCUT2D eigenvalue weighted by molar-refractivity contribution is 5.74. The summed E-state index contributed by atoms with van der Waals surface area (Å²) in [5.74, 6) is 0.440. The summed E-state index contributed by atoms with van der Waals surface area (Å²) in [6.45, 7) is 2.12. The summed E-state index contributed by atoms with van der Waals surface area (Å²) in [5.41, 5.74) is 1.75. The molecule has 1 aromatic heterocycles. The van der Waals surface area contributed by atoms with Gasteiger partial charge in [0.05, 0.1) is 0 Å². The van der Waals surface area contributed by atoms with E-state index < -0.39 is 0 Å². The van der Waals surface area contributed by atoms with E-state index in [0.717, 1.165) is 37.0 Å². The van der Waals surface area contributed by atoms with Crippen LogP contribution < -0.4 is 4.90 Å². The molecule has 4 heteroatoms. The molecule has 0 amide bonds. The van der Waals surface area contributed by atoms with Gasteiger partial charge in [0.25, 0.3) is 6.01 Å². The monoisotopic (exact) mass is 232 g/mol. The zero-order chi connectivity index (χ0) is 11.7. The number of aromatic nitrogens is 1. The molecule has 1 saturated heterocycles. The van der Waals surface area contributed by atoms with Crippen LogP contribution in [0.15, 0.2) is 28.7 Å². The lowest BCUT2D eigenvalue weighted by atomic mass is 9.98. The summed E-state index contributed by atoms with van der Waals surface area (Å²) < 4.78 is 5.73. The van der Waals surface area contributed by atoms with Crippen LogP contribution >= 0.6 is 0 Å². The molecule has 1 N–H and O–H groups in total. The third-order valence-electron chi connectivity index (χ3n) is 3.43. The Labute approximate surface area is 99.9 Å². The lowest BCUT2D eigenvalue weighted by molar-refractivity contribution is 0.201. The van der Waals surface area contributed by atoms with E-state index in [1.165, 1.54) is 0 Å². The van der Waals surface area contributed by atoms with Gasteiger partial charge >= 0.3 is 0 Å². The van der Waals surface area contributed by atoms with Crippen LogP contribution in [-0.4, -0.2) is 29.8 Å². The maximum absolute atomic E-state index is 9.10. The van der Waals surface area contributed by atoms with Crippen molar-refractivity contribution in [3.63, 3.8) is 0 Å². The molecular formula is C13H16N2O2. The number of rotatable bonds is 2. The minimum atomic E-state index is 0.293. The molecule has 90 valence electrons. The van der Waals surface area contributed by atoms with Crippen LogP contribution in [0.4, 0.5) is 6.01 Å². The van der Waals surface area contributed by atoms with E-state index in [0.29, 0.717) is 18.5 Å². The van der Waals surface area contributed by atoms with Crippen LogP contribution in [0.2, 0.25) is 0 Å². The maximum atomic E-state index is 9.10. The summed E-state index contributed by atoms with van der Waals surface area (Å²) in [7, 11) is 0. The van der Waals surface area contributed by atoms with Crippen LogP contribution in [0.5, 0.6) is 0 Å². The minimum absolute atomic E-state index is 0.293. The predicted molar refractivity (Wildman–Crippen MR) is 66.0 cm³/mol. The van der Waals surface area contributed by atoms with Gasteiger partial charge in [-0.2, -0.15) is 4.98 Å². The number of piperidine rings is 1. The molecular weight excluding hydrogens is 216 g/mol. The van der Waals surface area contributed by atoms with E-state index in [-0.39, 0.29) is 0 Å². The Balaban J connectivity index is 1.80. The number of anilines is 1. The summed E-state index contributed by atoms with van der Waals surface area (Å²) in [6, 6.07) is 8.53. The van der Waals surface area contributed by atoms with Gasteiger partial charge in [-0.05, 0) is 30.9 Å². The van der Waals surface area contributed by atoms with Crippen molar-refractivity contribution in [1.82, 2.24) is 4.98 Å². The number of hydrogen-bond donors (Lipinski definition) is 1. The van der Waals surface area contributed by atoms with Crippen molar-refractivity contribution in [2.24, 2.45) is 5.92 Å². The SMILES string of the molecule is OCC1CCN(c2nc3ccccc3o2)CC1. The molecule has 4 nitrogen and oxygen atoms in total. The molecule has 0 unspecified atom stereocenters. The van der Waals surface area contributed by atoms with Gasteiger partial charge < -0.3 is 14.4 Å². The standard InChI is InChI=1S/C13H16N2O2/c16-9-10-5-7-15(8-6-10)13-14-11-3-1-2-4-12(11)17-13/h1-4,10,16H,5-9H2. The first-order valence-electron chi connectivity index (χ1n) is 6.08. The van der Waals surface area contributed by atoms with Crippen LogP contribution in [0.1, 0.15) is 12.8 Å². The second-order valence-electron chi connectivity index (χ2n) is 4.58. The summed E-state index contributed by atoms with van der Waals surface area (Å²) in [4.78, 5) is 6.64. The topological polar surface area (TPSA) is 49.5 Å². The van der Waals surface area contributed by atoms with Crippen molar-refractivity contribution in [1.29, 1.82) is 0 Å². The predicted octanol–water partition coefficient (Wildman–Crippen LogP) is 2.04. The fourth-order valence-electron chi connectivity index (χ4n) is 2.30. The van der Waals surface area contributed by atoms with E-state index in [9.17, 15) is 0 Å². The van der Waals surface area contributed by atoms with Gasteiger partial charge in [0.15, 0.2) is 5.58 Å². The van der Waals surface area contributed by atoms with Crippen molar-refractivity contribution >= 4 is 17.1 Å². The van der Waals surface area contributed by atoms with E-state index in [4.69, 9.17) is 9.52 Å². The summed E-state index contributed by atoms with van der Waals surface area (Å²) >= 11 is 0. The van der Waals surface area contributed by atoms with E-state index in [2.05, 4.69) is 9.88 Å². The number of nitrogens with zero attached hydrogens (tertiary/aromatic N) is 2. The van der Waals surface area contributed by atoms with Gasteiger partial charge in [0.2, 0.25) is 0 Å². The first kappa shape index (κ1) is 10.6. The zero-order valence-corrected chi connectivity index (χ0v) is 9.67. The number of hydrogen-bond acceptors (Lipinski definition) is 4. The van der Waals surface area contributed by atoms with Crippen LogP contribution in [0, 0.1) is 5.92 Å². The molecule has 0 saturated carbocycles. The lowest BCUT2D eigenvalue weighted by Gasteiger charge is -2.29. The van der Waals surface area contributed by atoms with E-state index in [1.807, 2.05) is 24.3 Å². The Kier molecular flexibility index (Phi) is 2.73. The first-order chi connectivity index (χ1) is 8.36. The highest BCUT2D eigenvalue weighted by Gasteiger charge is 2.21. The molecule has 2 heterocycles. The van der Waals surface area contributed by atoms with Crippen molar-refractivity contribution in [2.45, 2.75) is 12.8 Å². The normalized spacial score (nSPS) is 17.8. The van der Waals surface area contributed by atoms with Gasteiger partial charge in [0, 0.05) is 19.7 Å².